The fourth-order valence-corrected chi connectivity index (χ4v) is 9.05. The molecule has 3 N–H and O–H groups in total. The van der Waals surface area contributed by atoms with E-state index < -0.39 is 69.2 Å². The second-order valence-corrected chi connectivity index (χ2v) is 14.8. The summed E-state index contributed by atoms with van der Waals surface area (Å²) >= 11 is 0. The van der Waals surface area contributed by atoms with Crippen LogP contribution in [0.25, 0.3) is 10.9 Å². The second kappa shape index (κ2) is 13.0. The van der Waals surface area contributed by atoms with Crippen LogP contribution in [0.4, 0.5) is 5.69 Å². The number of benzene rings is 1. The van der Waals surface area contributed by atoms with Gasteiger partial charge < -0.3 is 19.9 Å². The van der Waals surface area contributed by atoms with Crippen molar-refractivity contribution in [3.8, 4) is 0 Å². The van der Waals surface area contributed by atoms with Gasteiger partial charge in [0, 0.05) is 54.9 Å². The van der Waals surface area contributed by atoms with Gasteiger partial charge in [-0.05, 0) is 43.6 Å². The number of nitrogens with zero attached hydrogens (tertiary/aromatic N) is 2. The number of hydrogen-bond donors (Lipinski definition) is 3. The average Bonchev–Trinajstić information content (AvgIpc) is 3.49. The summed E-state index contributed by atoms with van der Waals surface area (Å²) < 4.78 is 30.3. The third kappa shape index (κ3) is 6.69. The van der Waals surface area contributed by atoms with Crippen LogP contribution in [0, 0.1) is 22.7 Å². The molecule has 2 aromatic rings. The number of sulfonamides is 1. The lowest BCUT2D eigenvalue weighted by molar-refractivity contribution is -0.140. The Kier molecular flexibility index (Phi) is 9.93. The van der Waals surface area contributed by atoms with E-state index in [0.717, 1.165) is 17.3 Å². The molecule has 2 fully saturated rings. The lowest BCUT2D eigenvalue weighted by Crippen LogP contribution is -2.50. The summed E-state index contributed by atoms with van der Waals surface area (Å²) in [7, 11) is -2.21. The van der Waals surface area contributed by atoms with E-state index in [1.807, 2.05) is 62.8 Å². The van der Waals surface area contributed by atoms with Crippen LogP contribution in [0.1, 0.15) is 66.2 Å². The van der Waals surface area contributed by atoms with E-state index in [1.54, 1.807) is 11.8 Å². The smallest absolute Gasteiger partial charge is 0.305 e. The summed E-state index contributed by atoms with van der Waals surface area (Å²) in [6.45, 7) is 6.98. The lowest BCUT2D eigenvalue weighted by Gasteiger charge is -2.36. The van der Waals surface area contributed by atoms with Crippen molar-refractivity contribution in [2.75, 3.05) is 23.7 Å². The third-order valence-corrected chi connectivity index (χ3v) is 11.7. The molecule has 0 spiro atoms. The predicted octanol–water partition coefficient (Wildman–Crippen LogP) is 2.79. The molecule has 1 aromatic heterocycles. The van der Waals surface area contributed by atoms with Gasteiger partial charge in [0.15, 0.2) is 5.78 Å². The Hall–Kier alpha value is -3.58. The molecule has 0 radical (unpaired) electrons. The second-order valence-electron chi connectivity index (χ2n) is 13.0. The van der Waals surface area contributed by atoms with Crippen LogP contribution in [0.15, 0.2) is 30.5 Å². The van der Waals surface area contributed by atoms with E-state index in [0.29, 0.717) is 25.1 Å². The molecule has 13 heteroatoms. The van der Waals surface area contributed by atoms with Crippen molar-refractivity contribution in [2.45, 2.75) is 72.3 Å². The molecule has 0 aliphatic heterocycles. The van der Waals surface area contributed by atoms with E-state index in [9.17, 15) is 37.5 Å². The number of aryl methyl sites for hydroxylation is 1. The fraction of sp³-hybridized carbons (Fsp3) is 0.594. The normalized spacial score (nSPS) is 21.9. The number of carbonyl (C=O) groups excluding carboxylic acids is 4. The highest BCUT2D eigenvalue weighted by molar-refractivity contribution is 7.89. The molecule has 0 saturated heterocycles. The van der Waals surface area contributed by atoms with Crippen LogP contribution in [0.3, 0.4) is 0 Å². The van der Waals surface area contributed by atoms with Gasteiger partial charge >= 0.3 is 5.97 Å². The van der Waals surface area contributed by atoms with Gasteiger partial charge in [-0.15, -0.1) is 0 Å². The molecule has 4 rings (SSSR count). The van der Waals surface area contributed by atoms with Crippen molar-refractivity contribution in [3.05, 3.63) is 30.5 Å². The molecule has 12 nitrogen and oxygen atoms in total. The summed E-state index contributed by atoms with van der Waals surface area (Å²) in [6.07, 6.45) is 2.73. The first-order chi connectivity index (χ1) is 21.1. The van der Waals surface area contributed by atoms with Gasteiger partial charge in [0.05, 0.1) is 30.4 Å². The van der Waals surface area contributed by atoms with Crippen molar-refractivity contribution in [1.29, 1.82) is 0 Å². The maximum atomic E-state index is 13.5. The number of aliphatic carboxylic acids is 1. The zero-order chi connectivity index (χ0) is 33.3. The monoisotopic (exact) mass is 644 g/mol. The molecule has 2 saturated carbocycles. The van der Waals surface area contributed by atoms with E-state index in [-0.39, 0.29) is 30.4 Å². The summed E-state index contributed by atoms with van der Waals surface area (Å²) in [5.74, 6) is -4.43. The Bertz CT molecular complexity index is 1610. The minimum Gasteiger partial charge on any atom is -0.481 e. The number of Topliss-reactive ketones (excluding diaryl/α,β-unsaturated/α-hetero) is 2. The maximum absolute atomic E-state index is 13.5. The van der Waals surface area contributed by atoms with Crippen molar-refractivity contribution >= 4 is 56.0 Å². The number of ketones is 2. The lowest BCUT2D eigenvalue weighted by atomic mass is 9.70. The first kappa shape index (κ1) is 34.3. The summed E-state index contributed by atoms with van der Waals surface area (Å²) in [5.41, 5.74) is 0.133. The highest BCUT2D eigenvalue weighted by atomic mass is 32.2. The first-order valence-electron chi connectivity index (χ1n) is 15.5. The Labute approximate surface area is 264 Å². The molecule has 1 aromatic carbocycles. The van der Waals surface area contributed by atoms with Crippen molar-refractivity contribution < 1.29 is 37.5 Å². The van der Waals surface area contributed by atoms with E-state index >= 15 is 0 Å². The number of nitrogens with one attached hydrogen (secondary N) is 2. The number of carboxylic acids is 1. The molecule has 1 heterocycles. The molecule has 246 valence electrons. The number of anilines is 1. The van der Waals surface area contributed by atoms with Gasteiger partial charge in [-0.3, -0.25) is 24.0 Å². The van der Waals surface area contributed by atoms with E-state index in [4.69, 9.17) is 0 Å². The van der Waals surface area contributed by atoms with Crippen molar-refractivity contribution in [2.24, 2.45) is 29.7 Å². The number of carbonyl (C=O) groups is 5. The van der Waals surface area contributed by atoms with Gasteiger partial charge in [0.25, 0.3) is 0 Å². The number of amides is 2. The largest absolute Gasteiger partial charge is 0.481 e. The highest BCUT2D eigenvalue weighted by Crippen LogP contribution is 2.64. The first-order valence-corrected chi connectivity index (χ1v) is 17.1. The van der Waals surface area contributed by atoms with Crippen molar-refractivity contribution in [3.63, 3.8) is 0 Å². The Morgan fingerprint density at radius 3 is 2.40 bits per heavy atom. The fourth-order valence-electron chi connectivity index (χ4n) is 7.26. The number of rotatable bonds is 15. The maximum Gasteiger partial charge on any atom is 0.305 e. The molecular weight excluding hydrogens is 600 g/mol. The molecule has 45 heavy (non-hydrogen) atoms. The minimum absolute atomic E-state index is 0.0845. The number of carboxylic acid groups (broad SMARTS) is 1. The highest BCUT2D eigenvalue weighted by Gasteiger charge is 2.65. The Morgan fingerprint density at radius 2 is 1.82 bits per heavy atom. The van der Waals surface area contributed by atoms with Crippen LogP contribution in [0.2, 0.25) is 0 Å². The van der Waals surface area contributed by atoms with Crippen LogP contribution < -0.4 is 14.9 Å². The van der Waals surface area contributed by atoms with Crippen LogP contribution >= 0.6 is 0 Å². The molecule has 2 amide bonds. The molecular formula is C32H44N4O8S. The van der Waals surface area contributed by atoms with E-state index in [1.165, 1.54) is 0 Å². The molecule has 4 unspecified atom stereocenters. The van der Waals surface area contributed by atoms with Crippen molar-refractivity contribution in [1.82, 2.24) is 14.6 Å². The Balaban J connectivity index is 1.42. The number of para-hydroxylation sites is 1. The molecule has 4 atom stereocenters. The van der Waals surface area contributed by atoms with Crippen LogP contribution in [-0.2, 0) is 41.0 Å². The quantitative estimate of drug-likeness (QED) is 0.266. The molecule has 2 aliphatic rings. The van der Waals surface area contributed by atoms with Gasteiger partial charge in [0.1, 0.15) is 5.78 Å². The third-order valence-electron chi connectivity index (χ3n) is 10.2. The number of hydrogen-bond acceptors (Lipinski definition) is 7. The van der Waals surface area contributed by atoms with E-state index in [2.05, 4.69) is 10.0 Å². The average molecular weight is 645 g/mol. The summed E-state index contributed by atoms with van der Waals surface area (Å²) in [4.78, 5) is 65.8. The summed E-state index contributed by atoms with van der Waals surface area (Å²) in [5, 5.41) is 12.8. The number of aromatic nitrogens is 1. The standard InChI is InChI=1S/C32H44N4O8S/c1-6-20(14-28(39)36(7-2)25-18-35(5)24-11-9-8-10-22(24)25)30(42)34-23(16-29(40)41)26(37)17-33-45(43,44)19-32-13-12-21(15-27(32)38)31(32,3)4/h8-11,18,20-21,23,33H,6-7,12-17,19H2,1-5H3,(H,34,42)(H,40,41). The minimum atomic E-state index is -4.09. The predicted molar refractivity (Wildman–Crippen MR) is 169 cm³/mol. The molecule has 2 aliphatic carbocycles. The van der Waals surface area contributed by atoms with Crippen LogP contribution in [-0.4, -0.2) is 72.3 Å². The van der Waals surface area contributed by atoms with Gasteiger partial charge in [-0.1, -0.05) is 39.0 Å². The van der Waals surface area contributed by atoms with Crippen LogP contribution in [0.5, 0.6) is 0 Å². The Morgan fingerprint density at radius 1 is 1.13 bits per heavy atom. The topological polar surface area (TPSA) is 172 Å². The van der Waals surface area contributed by atoms with Gasteiger partial charge in [0.2, 0.25) is 21.8 Å². The van der Waals surface area contributed by atoms with Gasteiger partial charge in [-0.2, -0.15) is 0 Å². The zero-order valence-corrected chi connectivity index (χ0v) is 27.4. The summed E-state index contributed by atoms with van der Waals surface area (Å²) in [6, 6.07) is 6.13. The number of fused-ring (bicyclic) bond motifs is 3. The van der Waals surface area contributed by atoms with Gasteiger partial charge in [-0.25, -0.2) is 13.1 Å². The SMILES string of the molecule is CCC(CC(=O)N(CC)c1cn(C)c2ccccc12)C(=O)NC(CC(=O)O)C(=O)CNS(=O)(=O)CC12CCC(CC1=O)C2(C)C. The zero-order valence-electron chi connectivity index (χ0n) is 26.6. The molecule has 2 bridgehead atoms.